The maximum Gasteiger partial charge on any atom is 0.270 e. The van der Waals surface area contributed by atoms with Gasteiger partial charge in [-0.1, -0.05) is 24.3 Å². The highest BCUT2D eigenvalue weighted by Crippen LogP contribution is 2.27. The third kappa shape index (κ3) is 4.38. The molecule has 1 amide bonds. The van der Waals surface area contributed by atoms with Crippen molar-refractivity contribution >= 4 is 38.8 Å². The first-order chi connectivity index (χ1) is 15.2. The highest BCUT2D eigenvalue weighted by Gasteiger charge is 2.26. The number of nitrogens with zero attached hydrogens (tertiary/aromatic N) is 2. The summed E-state index contributed by atoms with van der Waals surface area (Å²) in [5.41, 5.74) is 7.29. The molecule has 3 aromatic heterocycles. The van der Waals surface area contributed by atoms with Crippen molar-refractivity contribution in [3.05, 3.63) is 69.5 Å². The standard InChI is InChI=1S/C23H21N3O3S2/c27-21-5-7-29-11-19(21)26-23(28)18-10-16(22-17(25-18)6-8-31-22)9-14-1-3-15(4-2-14)20-12-30-13-24-20/h1-4,6,8,10,12-13,19,21,27H,5,7,9,11H2,(H,26,28)/t19-,21-/m0/s1. The topological polar surface area (TPSA) is 84.3 Å². The molecule has 0 unspecified atom stereocenters. The van der Waals surface area contributed by atoms with E-state index in [0.29, 0.717) is 31.7 Å². The fraction of sp³-hybridized carbons (Fsp3) is 0.261. The van der Waals surface area contributed by atoms with Gasteiger partial charge in [0.15, 0.2) is 0 Å². The summed E-state index contributed by atoms with van der Waals surface area (Å²) in [5, 5.41) is 17.0. The third-order valence-corrected chi connectivity index (χ3v) is 7.00. The number of hydrogen-bond donors (Lipinski definition) is 2. The van der Waals surface area contributed by atoms with Crippen molar-refractivity contribution in [3.63, 3.8) is 0 Å². The average molecular weight is 452 g/mol. The first kappa shape index (κ1) is 20.3. The molecule has 8 heteroatoms. The van der Waals surface area contributed by atoms with Gasteiger partial charge in [-0.05, 0) is 41.5 Å². The number of aromatic nitrogens is 2. The minimum absolute atomic E-state index is 0.289. The minimum atomic E-state index is -0.599. The van der Waals surface area contributed by atoms with Gasteiger partial charge < -0.3 is 15.2 Å². The number of amides is 1. The van der Waals surface area contributed by atoms with Crippen molar-refractivity contribution in [1.29, 1.82) is 0 Å². The second kappa shape index (κ2) is 8.84. The Morgan fingerprint density at radius 2 is 2.13 bits per heavy atom. The summed E-state index contributed by atoms with van der Waals surface area (Å²) in [6, 6.07) is 11.7. The van der Waals surface area contributed by atoms with Gasteiger partial charge in [-0.15, -0.1) is 22.7 Å². The van der Waals surface area contributed by atoms with E-state index >= 15 is 0 Å². The molecule has 4 heterocycles. The summed E-state index contributed by atoms with van der Waals surface area (Å²) in [7, 11) is 0. The first-order valence-corrected chi connectivity index (χ1v) is 11.9. The number of hydrogen-bond acceptors (Lipinski definition) is 7. The van der Waals surface area contributed by atoms with Crippen molar-refractivity contribution in [3.8, 4) is 11.3 Å². The van der Waals surface area contributed by atoms with Gasteiger partial charge in [0.1, 0.15) is 5.69 Å². The van der Waals surface area contributed by atoms with E-state index in [1.165, 1.54) is 0 Å². The smallest absolute Gasteiger partial charge is 0.270 e. The zero-order valence-corrected chi connectivity index (χ0v) is 18.3. The van der Waals surface area contributed by atoms with E-state index in [-0.39, 0.29) is 5.91 Å². The lowest BCUT2D eigenvalue weighted by atomic mass is 10.0. The molecule has 5 rings (SSSR count). The molecule has 2 atom stereocenters. The van der Waals surface area contributed by atoms with E-state index in [1.54, 1.807) is 22.7 Å². The van der Waals surface area contributed by atoms with Crippen molar-refractivity contribution in [2.24, 2.45) is 0 Å². The number of benzene rings is 1. The van der Waals surface area contributed by atoms with Gasteiger partial charge in [0.25, 0.3) is 5.91 Å². The lowest BCUT2D eigenvalue weighted by molar-refractivity contribution is -0.0140. The van der Waals surface area contributed by atoms with Gasteiger partial charge in [0.2, 0.25) is 0 Å². The van der Waals surface area contributed by atoms with Crippen LogP contribution in [0.15, 0.2) is 52.7 Å². The van der Waals surface area contributed by atoms with Crippen molar-refractivity contribution in [2.45, 2.75) is 25.0 Å². The molecule has 31 heavy (non-hydrogen) atoms. The molecule has 0 radical (unpaired) electrons. The zero-order chi connectivity index (χ0) is 21.2. The molecule has 6 nitrogen and oxygen atoms in total. The highest BCUT2D eigenvalue weighted by atomic mass is 32.1. The lowest BCUT2D eigenvalue weighted by Crippen LogP contribution is -2.49. The van der Waals surface area contributed by atoms with E-state index in [0.717, 1.165) is 32.6 Å². The van der Waals surface area contributed by atoms with E-state index in [1.807, 2.05) is 28.4 Å². The number of nitrogens with one attached hydrogen (secondary N) is 1. The third-order valence-electron chi connectivity index (χ3n) is 5.43. The van der Waals surface area contributed by atoms with Crippen LogP contribution < -0.4 is 5.32 Å². The quantitative estimate of drug-likeness (QED) is 0.481. The molecule has 0 spiro atoms. The van der Waals surface area contributed by atoms with Crippen molar-refractivity contribution in [1.82, 2.24) is 15.3 Å². The Morgan fingerprint density at radius 3 is 2.90 bits per heavy atom. The number of ether oxygens (including phenoxy) is 1. The summed E-state index contributed by atoms with van der Waals surface area (Å²) in [4.78, 5) is 21.8. The molecule has 0 saturated carbocycles. The minimum Gasteiger partial charge on any atom is -0.391 e. The zero-order valence-electron chi connectivity index (χ0n) is 16.7. The van der Waals surface area contributed by atoms with Crippen LogP contribution in [0, 0.1) is 0 Å². The summed E-state index contributed by atoms with van der Waals surface area (Å²) in [6.45, 7) is 0.823. The number of fused-ring (bicyclic) bond motifs is 1. The van der Waals surface area contributed by atoms with Crippen LogP contribution in [0.1, 0.15) is 28.0 Å². The summed E-state index contributed by atoms with van der Waals surface area (Å²) in [5.74, 6) is -0.289. The molecule has 4 aromatic rings. The molecule has 1 saturated heterocycles. The van der Waals surface area contributed by atoms with Gasteiger partial charge in [-0.3, -0.25) is 4.79 Å². The molecular formula is C23H21N3O3S2. The Kier molecular flexibility index (Phi) is 5.78. The maximum atomic E-state index is 12.9. The molecule has 1 aromatic carbocycles. The predicted molar refractivity (Wildman–Crippen MR) is 123 cm³/mol. The molecule has 0 aliphatic carbocycles. The van der Waals surface area contributed by atoms with E-state index in [2.05, 4.69) is 39.6 Å². The highest BCUT2D eigenvalue weighted by molar-refractivity contribution is 7.17. The molecular weight excluding hydrogens is 430 g/mol. The van der Waals surface area contributed by atoms with E-state index < -0.39 is 12.1 Å². The SMILES string of the molecule is O=C(N[C@H]1COCC[C@@H]1O)c1cc(Cc2ccc(-c3cscn3)cc2)c2sccc2n1. The van der Waals surface area contributed by atoms with Crippen molar-refractivity contribution < 1.29 is 14.6 Å². The number of carbonyl (C=O) groups excluding carboxylic acids is 1. The van der Waals surface area contributed by atoms with Gasteiger partial charge in [-0.2, -0.15) is 0 Å². The number of aliphatic hydroxyl groups excluding tert-OH is 1. The molecule has 1 fully saturated rings. The Labute approximate surface area is 187 Å². The van der Waals surface area contributed by atoms with Crippen LogP contribution in [0.5, 0.6) is 0 Å². The Bertz CT molecular complexity index is 1190. The Hall–Kier alpha value is -2.65. The monoisotopic (exact) mass is 451 g/mol. The van der Waals surface area contributed by atoms with Gasteiger partial charge in [0, 0.05) is 17.6 Å². The van der Waals surface area contributed by atoms with Crippen LogP contribution in [0.4, 0.5) is 0 Å². The predicted octanol–water partition coefficient (Wildman–Crippen LogP) is 3.89. The second-order valence-corrected chi connectivity index (χ2v) is 9.19. The number of carbonyl (C=O) groups is 1. The molecule has 2 N–H and O–H groups in total. The fourth-order valence-electron chi connectivity index (χ4n) is 3.75. The van der Waals surface area contributed by atoms with Gasteiger partial charge >= 0.3 is 0 Å². The molecule has 1 aliphatic heterocycles. The van der Waals surface area contributed by atoms with Gasteiger partial charge in [0.05, 0.1) is 40.2 Å². The van der Waals surface area contributed by atoms with Crippen LogP contribution in [0.3, 0.4) is 0 Å². The van der Waals surface area contributed by atoms with E-state index in [4.69, 9.17) is 4.74 Å². The van der Waals surface area contributed by atoms with Crippen LogP contribution in [0.2, 0.25) is 0 Å². The molecule has 1 aliphatic rings. The van der Waals surface area contributed by atoms with Crippen LogP contribution in [0.25, 0.3) is 21.5 Å². The van der Waals surface area contributed by atoms with Crippen LogP contribution >= 0.6 is 22.7 Å². The summed E-state index contributed by atoms with van der Waals surface area (Å²) in [6.07, 6.45) is 0.620. The fourth-order valence-corrected chi connectivity index (χ4v) is 5.16. The van der Waals surface area contributed by atoms with Crippen molar-refractivity contribution in [2.75, 3.05) is 13.2 Å². The normalized spacial score (nSPS) is 18.9. The van der Waals surface area contributed by atoms with Crippen LogP contribution in [-0.2, 0) is 11.2 Å². The summed E-state index contributed by atoms with van der Waals surface area (Å²) < 4.78 is 6.47. The molecule has 158 valence electrons. The second-order valence-electron chi connectivity index (χ2n) is 7.56. The summed E-state index contributed by atoms with van der Waals surface area (Å²) >= 11 is 3.21. The number of thiazole rings is 1. The Balaban J connectivity index is 1.39. The number of pyridine rings is 1. The Morgan fingerprint density at radius 1 is 1.26 bits per heavy atom. The lowest BCUT2D eigenvalue weighted by Gasteiger charge is -2.28. The van der Waals surface area contributed by atoms with Gasteiger partial charge in [-0.25, -0.2) is 9.97 Å². The van der Waals surface area contributed by atoms with Crippen LogP contribution in [-0.4, -0.2) is 46.3 Å². The van der Waals surface area contributed by atoms with E-state index in [9.17, 15) is 9.90 Å². The molecule has 0 bridgehead atoms. The number of thiophene rings is 1. The first-order valence-electron chi connectivity index (χ1n) is 10.1. The number of aliphatic hydroxyl groups is 1. The average Bonchev–Trinajstić information content (AvgIpc) is 3.48. The largest absolute Gasteiger partial charge is 0.391 e. The number of rotatable bonds is 5. The maximum absolute atomic E-state index is 12.9.